The summed E-state index contributed by atoms with van der Waals surface area (Å²) < 4.78 is 4.89. The van der Waals surface area contributed by atoms with Crippen molar-refractivity contribution < 1.29 is 14.3 Å². The second kappa shape index (κ2) is 7.31. The lowest BCUT2D eigenvalue weighted by atomic mass is 10.2. The number of aromatic amines is 1. The number of aromatic nitrogens is 2. The minimum Gasteiger partial charge on any atom is -0.447 e. The SMILES string of the molecule is O=C(NCC#Cc1ccc(N2CCOC2=O)cc1)c1ccc(=O)[nH]n1. The van der Waals surface area contributed by atoms with E-state index in [1.165, 1.54) is 12.1 Å². The molecule has 1 saturated heterocycles. The third kappa shape index (κ3) is 4.03. The van der Waals surface area contributed by atoms with E-state index in [0.717, 1.165) is 11.3 Å². The first-order chi connectivity index (χ1) is 12.1. The number of ether oxygens (including phenoxy) is 1. The molecule has 2 aromatic rings. The zero-order valence-electron chi connectivity index (χ0n) is 13.1. The summed E-state index contributed by atoms with van der Waals surface area (Å²) >= 11 is 0. The number of rotatable bonds is 3. The van der Waals surface area contributed by atoms with Crippen LogP contribution in [0.2, 0.25) is 0 Å². The molecule has 0 bridgehead atoms. The Balaban J connectivity index is 1.55. The number of hydrogen-bond acceptors (Lipinski definition) is 5. The first-order valence-electron chi connectivity index (χ1n) is 7.50. The predicted octanol–water partition coefficient (Wildman–Crippen LogP) is 0.508. The normalized spacial score (nSPS) is 13.0. The number of anilines is 1. The summed E-state index contributed by atoms with van der Waals surface area (Å²) in [5.41, 5.74) is 1.25. The summed E-state index contributed by atoms with van der Waals surface area (Å²) in [6.45, 7) is 1.07. The van der Waals surface area contributed by atoms with Crippen LogP contribution in [-0.4, -0.2) is 41.9 Å². The lowest BCUT2D eigenvalue weighted by molar-refractivity contribution is 0.0952. The van der Waals surface area contributed by atoms with E-state index in [1.807, 2.05) is 0 Å². The van der Waals surface area contributed by atoms with Gasteiger partial charge >= 0.3 is 6.09 Å². The Bertz CT molecular complexity index is 888. The summed E-state index contributed by atoms with van der Waals surface area (Å²) in [7, 11) is 0. The van der Waals surface area contributed by atoms with Crippen LogP contribution in [0.5, 0.6) is 0 Å². The van der Waals surface area contributed by atoms with Crippen LogP contribution in [0.4, 0.5) is 10.5 Å². The highest BCUT2D eigenvalue weighted by Gasteiger charge is 2.23. The minimum atomic E-state index is -0.423. The zero-order chi connectivity index (χ0) is 17.6. The predicted molar refractivity (Wildman–Crippen MR) is 89.2 cm³/mol. The number of nitrogens with zero attached hydrogens (tertiary/aromatic N) is 2. The summed E-state index contributed by atoms with van der Waals surface area (Å²) in [6.07, 6.45) is -0.350. The number of amides is 2. The average Bonchev–Trinajstić information content (AvgIpc) is 3.06. The van der Waals surface area contributed by atoms with Crippen molar-refractivity contribution in [3.63, 3.8) is 0 Å². The Morgan fingerprint density at radius 1 is 1.24 bits per heavy atom. The Kier molecular flexibility index (Phi) is 4.76. The van der Waals surface area contributed by atoms with E-state index in [9.17, 15) is 14.4 Å². The topological polar surface area (TPSA) is 104 Å². The first-order valence-corrected chi connectivity index (χ1v) is 7.50. The van der Waals surface area contributed by atoms with Crippen LogP contribution in [0.1, 0.15) is 16.1 Å². The van der Waals surface area contributed by atoms with E-state index < -0.39 is 5.91 Å². The van der Waals surface area contributed by atoms with Gasteiger partial charge in [0.2, 0.25) is 0 Å². The molecular weight excluding hydrogens is 324 g/mol. The fraction of sp³-hybridized carbons (Fsp3) is 0.176. The monoisotopic (exact) mass is 338 g/mol. The highest BCUT2D eigenvalue weighted by atomic mass is 16.6. The molecule has 2 amide bonds. The molecule has 0 radical (unpaired) electrons. The fourth-order valence-corrected chi connectivity index (χ4v) is 2.18. The quantitative estimate of drug-likeness (QED) is 0.794. The molecule has 2 heterocycles. The van der Waals surface area contributed by atoms with Crippen LogP contribution in [0, 0.1) is 11.8 Å². The molecule has 1 aromatic heterocycles. The zero-order valence-corrected chi connectivity index (χ0v) is 13.1. The van der Waals surface area contributed by atoms with Crippen LogP contribution < -0.4 is 15.8 Å². The summed E-state index contributed by atoms with van der Waals surface area (Å²) in [5.74, 6) is 5.31. The molecule has 0 saturated carbocycles. The number of benzene rings is 1. The van der Waals surface area contributed by atoms with E-state index in [1.54, 1.807) is 29.2 Å². The van der Waals surface area contributed by atoms with Crippen molar-refractivity contribution in [2.24, 2.45) is 0 Å². The Hall–Kier alpha value is -3.60. The maximum absolute atomic E-state index is 11.8. The van der Waals surface area contributed by atoms with Crippen molar-refractivity contribution in [2.75, 3.05) is 24.6 Å². The van der Waals surface area contributed by atoms with Gasteiger partial charge in [-0.15, -0.1) is 0 Å². The van der Waals surface area contributed by atoms with E-state index in [4.69, 9.17) is 4.74 Å². The molecule has 126 valence electrons. The fourth-order valence-electron chi connectivity index (χ4n) is 2.18. The van der Waals surface area contributed by atoms with Crippen LogP contribution >= 0.6 is 0 Å². The van der Waals surface area contributed by atoms with Gasteiger partial charge in [0.1, 0.15) is 12.3 Å². The van der Waals surface area contributed by atoms with Gasteiger partial charge in [0.25, 0.3) is 11.5 Å². The van der Waals surface area contributed by atoms with Crippen molar-refractivity contribution in [1.29, 1.82) is 0 Å². The second-order valence-corrected chi connectivity index (χ2v) is 5.10. The highest BCUT2D eigenvalue weighted by molar-refractivity contribution is 5.92. The number of hydrogen-bond donors (Lipinski definition) is 2. The molecule has 0 aliphatic carbocycles. The highest BCUT2D eigenvalue weighted by Crippen LogP contribution is 2.18. The lowest BCUT2D eigenvalue weighted by Crippen LogP contribution is -2.26. The molecule has 2 N–H and O–H groups in total. The standard InChI is InChI=1S/C17H14N4O4/c22-15-8-7-14(19-20-15)16(23)18-9-1-2-12-3-5-13(6-4-12)21-10-11-25-17(21)24/h3-8H,9-11H2,(H,18,23)(H,20,22). The molecule has 25 heavy (non-hydrogen) atoms. The van der Waals surface area contributed by atoms with Gasteiger partial charge in [-0.25, -0.2) is 9.89 Å². The Morgan fingerprint density at radius 3 is 2.68 bits per heavy atom. The molecule has 0 spiro atoms. The van der Waals surface area contributed by atoms with Gasteiger partial charge in [0.15, 0.2) is 0 Å². The van der Waals surface area contributed by atoms with E-state index in [0.29, 0.717) is 13.2 Å². The maximum atomic E-state index is 11.8. The van der Waals surface area contributed by atoms with Crippen LogP contribution in [0.15, 0.2) is 41.2 Å². The largest absolute Gasteiger partial charge is 0.447 e. The third-order valence-corrected chi connectivity index (χ3v) is 3.42. The van der Waals surface area contributed by atoms with Gasteiger partial charge in [-0.05, 0) is 30.3 Å². The van der Waals surface area contributed by atoms with Gasteiger partial charge in [-0.1, -0.05) is 11.8 Å². The average molecular weight is 338 g/mol. The molecule has 8 nitrogen and oxygen atoms in total. The Morgan fingerprint density at radius 2 is 2.04 bits per heavy atom. The molecule has 1 aliphatic heterocycles. The maximum Gasteiger partial charge on any atom is 0.414 e. The number of carbonyl (C=O) groups is 2. The van der Waals surface area contributed by atoms with Crippen molar-refractivity contribution in [1.82, 2.24) is 15.5 Å². The number of cyclic esters (lactones) is 1. The summed E-state index contributed by atoms with van der Waals surface area (Å²) in [6, 6.07) is 9.73. The third-order valence-electron chi connectivity index (χ3n) is 3.42. The molecular formula is C17H14N4O4. The smallest absolute Gasteiger partial charge is 0.414 e. The van der Waals surface area contributed by atoms with Crippen LogP contribution in [0.3, 0.4) is 0 Å². The number of nitrogens with one attached hydrogen (secondary N) is 2. The van der Waals surface area contributed by atoms with Gasteiger partial charge in [-0.3, -0.25) is 14.5 Å². The van der Waals surface area contributed by atoms with Crippen molar-refractivity contribution in [3.8, 4) is 11.8 Å². The van der Waals surface area contributed by atoms with Gasteiger partial charge in [0, 0.05) is 17.3 Å². The van der Waals surface area contributed by atoms with E-state index in [2.05, 4.69) is 27.4 Å². The number of carbonyl (C=O) groups excluding carboxylic acids is 2. The molecule has 0 atom stereocenters. The molecule has 1 aromatic carbocycles. The Labute approximate surface area is 142 Å². The molecule has 1 fully saturated rings. The van der Waals surface area contributed by atoms with Crippen molar-refractivity contribution >= 4 is 17.7 Å². The first kappa shape index (κ1) is 16.3. The molecule has 3 rings (SSSR count). The molecule has 1 aliphatic rings. The molecule has 8 heteroatoms. The van der Waals surface area contributed by atoms with Crippen molar-refractivity contribution in [2.45, 2.75) is 0 Å². The van der Waals surface area contributed by atoms with Gasteiger partial charge in [-0.2, -0.15) is 5.10 Å². The van der Waals surface area contributed by atoms with Crippen LogP contribution in [-0.2, 0) is 4.74 Å². The van der Waals surface area contributed by atoms with E-state index >= 15 is 0 Å². The second-order valence-electron chi connectivity index (χ2n) is 5.10. The summed E-state index contributed by atoms with van der Waals surface area (Å²) in [5, 5.41) is 8.40. The van der Waals surface area contributed by atoms with Crippen LogP contribution in [0.25, 0.3) is 0 Å². The lowest BCUT2D eigenvalue weighted by Gasteiger charge is -2.11. The van der Waals surface area contributed by atoms with E-state index in [-0.39, 0.29) is 23.9 Å². The van der Waals surface area contributed by atoms with Gasteiger partial charge in [0.05, 0.1) is 13.1 Å². The number of H-pyrrole nitrogens is 1. The summed E-state index contributed by atoms with van der Waals surface area (Å²) in [4.78, 5) is 35.7. The van der Waals surface area contributed by atoms with Gasteiger partial charge < -0.3 is 10.1 Å². The molecule has 0 unspecified atom stereocenters. The van der Waals surface area contributed by atoms with Crippen molar-refractivity contribution in [3.05, 3.63) is 58.0 Å². The minimum absolute atomic E-state index is 0.114.